The topological polar surface area (TPSA) is 94.5 Å². The molecule has 0 radical (unpaired) electrons. The third kappa shape index (κ3) is 6.07. The zero-order chi connectivity index (χ0) is 24.9. The largest absolute Gasteiger partial charge is 0.508 e. The molecule has 0 aliphatic rings. The lowest BCUT2D eigenvalue weighted by molar-refractivity contribution is 0.414. The number of phenolic OH excluding ortho intramolecular Hbond substituents is 2. The molecule has 7 nitrogen and oxygen atoms in total. The first-order valence-corrected chi connectivity index (χ1v) is 11.4. The third-order valence-electron chi connectivity index (χ3n) is 5.54. The lowest BCUT2D eigenvalue weighted by Crippen LogP contribution is -2.27. The van der Waals surface area contributed by atoms with E-state index in [-0.39, 0.29) is 22.6 Å². The molecule has 2 aromatic carbocycles. The Balaban J connectivity index is 2.59. The van der Waals surface area contributed by atoms with Crippen LogP contribution in [-0.2, 0) is 0 Å². The van der Waals surface area contributed by atoms with Crippen LogP contribution in [0.25, 0.3) is 5.70 Å². The van der Waals surface area contributed by atoms with Gasteiger partial charge in [-0.1, -0.05) is 34.3 Å². The number of aromatic hydroxyl groups is 2. The number of ether oxygens (including phenoxy) is 1. The van der Waals surface area contributed by atoms with Crippen LogP contribution in [0.15, 0.2) is 42.0 Å². The molecule has 0 heterocycles. The highest BCUT2D eigenvalue weighted by Crippen LogP contribution is 2.40. The van der Waals surface area contributed by atoms with E-state index in [0.29, 0.717) is 28.4 Å². The van der Waals surface area contributed by atoms with Gasteiger partial charge in [0.2, 0.25) is 0 Å². The Labute approximate surface area is 202 Å². The number of benzene rings is 2. The van der Waals surface area contributed by atoms with Crippen molar-refractivity contribution in [1.29, 1.82) is 0 Å². The number of thiol groups is 1. The van der Waals surface area contributed by atoms with Gasteiger partial charge in [0.25, 0.3) is 0 Å². The van der Waals surface area contributed by atoms with Crippen molar-refractivity contribution < 1.29 is 14.9 Å². The maximum Gasteiger partial charge on any atom is 0.188 e. The molecule has 0 aliphatic carbocycles. The Morgan fingerprint density at radius 3 is 2.36 bits per heavy atom. The zero-order valence-corrected chi connectivity index (χ0v) is 21.2. The first-order valence-electron chi connectivity index (χ1n) is 10.9. The minimum atomic E-state index is -0.104. The molecular formula is C25H36N4O3S. The minimum absolute atomic E-state index is 0.0303. The summed E-state index contributed by atoms with van der Waals surface area (Å²) in [5.41, 5.74) is 3.14. The van der Waals surface area contributed by atoms with Crippen molar-refractivity contribution >= 4 is 34.9 Å². The Morgan fingerprint density at radius 2 is 1.82 bits per heavy atom. The zero-order valence-electron chi connectivity index (χ0n) is 20.3. The Bertz CT molecular complexity index is 1020. The van der Waals surface area contributed by atoms with Crippen molar-refractivity contribution in [3.05, 3.63) is 48.0 Å². The van der Waals surface area contributed by atoms with Gasteiger partial charge in [-0.2, -0.15) is 5.10 Å². The van der Waals surface area contributed by atoms with E-state index in [4.69, 9.17) is 10.6 Å². The molecule has 0 saturated carbocycles. The molecule has 0 saturated heterocycles. The minimum Gasteiger partial charge on any atom is -0.508 e. The van der Waals surface area contributed by atoms with E-state index in [0.717, 1.165) is 24.4 Å². The molecule has 0 bridgehead atoms. The maximum absolute atomic E-state index is 10.6. The molecule has 4 N–H and O–H groups in total. The van der Waals surface area contributed by atoms with Crippen LogP contribution in [0.5, 0.6) is 17.2 Å². The number of methoxy groups -OCH3 is 1. The fourth-order valence-corrected chi connectivity index (χ4v) is 3.78. The highest BCUT2D eigenvalue weighted by molar-refractivity contribution is 7.97. The number of hydrogen-bond acceptors (Lipinski definition) is 6. The molecule has 0 aliphatic heterocycles. The molecule has 33 heavy (non-hydrogen) atoms. The summed E-state index contributed by atoms with van der Waals surface area (Å²) in [5, 5.41) is 24.8. The molecule has 180 valence electrons. The van der Waals surface area contributed by atoms with Gasteiger partial charge < -0.3 is 25.7 Å². The SMILES string of the molecule is C=C(c1cc(C(C)C)c(O)cc1O)N(/C(S)=N\N)c1ccc(OC)c(N(C)CCC(C)C)c1. The number of anilines is 2. The van der Waals surface area contributed by atoms with E-state index in [9.17, 15) is 10.2 Å². The Kier molecular flexibility index (Phi) is 8.93. The summed E-state index contributed by atoms with van der Waals surface area (Å²) in [7, 11) is 3.65. The number of amidine groups is 1. The maximum atomic E-state index is 10.6. The van der Waals surface area contributed by atoms with E-state index < -0.39 is 0 Å². The van der Waals surface area contributed by atoms with Crippen LogP contribution >= 0.6 is 12.6 Å². The van der Waals surface area contributed by atoms with Crippen molar-refractivity contribution in [2.45, 2.75) is 40.0 Å². The van der Waals surface area contributed by atoms with E-state index in [1.807, 2.05) is 39.1 Å². The van der Waals surface area contributed by atoms with Gasteiger partial charge in [0, 0.05) is 25.2 Å². The number of nitrogens with two attached hydrogens (primary N) is 1. The van der Waals surface area contributed by atoms with Crippen molar-refractivity contribution in [2.24, 2.45) is 16.9 Å². The van der Waals surface area contributed by atoms with E-state index in [2.05, 4.69) is 43.1 Å². The first kappa shape index (κ1) is 26.3. The second-order valence-corrected chi connectivity index (χ2v) is 9.15. The van der Waals surface area contributed by atoms with Gasteiger partial charge >= 0.3 is 0 Å². The summed E-state index contributed by atoms with van der Waals surface area (Å²) in [6, 6.07) is 8.72. The first-order chi connectivity index (χ1) is 15.5. The molecule has 0 spiro atoms. The molecule has 8 heteroatoms. The second kappa shape index (κ2) is 11.2. The lowest BCUT2D eigenvalue weighted by atomic mass is 9.97. The molecule has 2 rings (SSSR count). The normalized spacial score (nSPS) is 11.7. The standard InChI is InChI=1S/C25H36N4O3S/c1-15(2)10-11-28(6)21-12-18(8-9-24(21)32-7)29(25(33)27-26)17(5)20-13-19(16(3)4)22(30)14-23(20)31/h8-9,12-16,30-31H,5,10-11,26H2,1-4,6-7H3,(H,27,33). The van der Waals surface area contributed by atoms with E-state index in [1.54, 1.807) is 18.1 Å². The van der Waals surface area contributed by atoms with Gasteiger partial charge in [0.1, 0.15) is 17.2 Å². The van der Waals surface area contributed by atoms with Crippen molar-refractivity contribution in [1.82, 2.24) is 0 Å². The highest BCUT2D eigenvalue weighted by Gasteiger charge is 2.23. The van der Waals surface area contributed by atoms with Gasteiger partial charge in [-0.15, -0.1) is 12.6 Å². The number of rotatable bonds is 9. The van der Waals surface area contributed by atoms with E-state index in [1.165, 1.54) is 6.07 Å². The molecule has 0 unspecified atom stereocenters. The van der Waals surface area contributed by atoms with Crippen LogP contribution in [0.1, 0.15) is 51.2 Å². The fourth-order valence-electron chi connectivity index (χ4n) is 3.55. The summed E-state index contributed by atoms with van der Waals surface area (Å²) in [6.45, 7) is 13.3. The van der Waals surface area contributed by atoms with Crippen LogP contribution in [0, 0.1) is 5.92 Å². The number of hydrazone groups is 1. The molecule has 0 atom stereocenters. The van der Waals surface area contributed by atoms with Gasteiger partial charge in [0.05, 0.1) is 24.2 Å². The number of hydrogen-bond donors (Lipinski definition) is 4. The molecular weight excluding hydrogens is 436 g/mol. The van der Waals surface area contributed by atoms with Gasteiger partial charge in [0.15, 0.2) is 5.17 Å². The smallest absolute Gasteiger partial charge is 0.188 e. The third-order valence-corrected chi connectivity index (χ3v) is 5.85. The van der Waals surface area contributed by atoms with Crippen LogP contribution < -0.4 is 20.4 Å². The fraction of sp³-hybridized carbons (Fsp3) is 0.400. The van der Waals surface area contributed by atoms with Crippen LogP contribution in [0.2, 0.25) is 0 Å². The number of nitrogens with zero attached hydrogens (tertiary/aromatic N) is 3. The van der Waals surface area contributed by atoms with Crippen molar-refractivity contribution in [2.75, 3.05) is 30.5 Å². The summed E-state index contributed by atoms with van der Waals surface area (Å²) in [5.74, 6) is 6.87. The van der Waals surface area contributed by atoms with Crippen molar-refractivity contribution in [3.8, 4) is 17.2 Å². The quantitative estimate of drug-likeness (QED) is 0.129. The summed E-state index contributed by atoms with van der Waals surface area (Å²) >= 11 is 4.46. The van der Waals surface area contributed by atoms with Gasteiger partial charge in [-0.3, -0.25) is 4.90 Å². The highest BCUT2D eigenvalue weighted by atomic mass is 32.1. The van der Waals surface area contributed by atoms with Crippen molar-refractivity contribution in [3.63, 3.8) is 0 Å². The monoisotopic (exact) mass is 472 g/mol. The summed E-state index contributed by atoms with van der Waals surface area (Å²) in [6.07, 6.45) is 1.03. The Hall–Kier alpha value is -3.00. The van der Waals surface area contributed by atoms with Crippen LogP contribution in [0.3, 0.4) is 0 Å². The predicted molar refractivity (Wildman–Crippen MR) is 142 cm³/mol. The lowest BCUT2D eigenvalue weighted by Gasteiger charge is -2.29. The van der Waals surface area contributed by atoms with Crippen LogP contribution in [-0.4, -0.2) is 36.1 Å². The molecule has 0 fully saturated rings. The van der Waals surface area contributed by atoms with E-state index >= 15 is 0 Å². The predicted octanol–water partition coefficient (Wildman–Crippen LogP) is 5.35. The average molecular weight is 473 g/mol. The van der Waals surface area contributed by atoms with Gasteiger partial charge in [-0.25, -0.2) is 0 Å². The summed E-state index contributed by atoms with van der Waals surface area (Å²) < 4.78 is 5.59. The molecule has 0 amide bonds. The second-order valence-electron chi connectivity index (χ2n) is 8.75. The number of phenols is 2. The molecule has 2 aromatic rings. The van der Waals surface area contributed by atoms with Crippen LogP contribution in [0.4, 0.5) is 11.4 Å². The average Bonchev–Trinajstić information content (AvgIpc) is 2.76. The van der Waals surface area contributed by atoms with Gasteiger partial charge in [-0.05, 0) is 48.1 Å². The Morgan fingerprint density at radius 1 is 1.15 bits per heavy atom. The summed E-state index contributed by atoms with van der Waals surface area (Å²) in [4.78, 5) is 3.79. The molecule has 0 aromatic heterocycles.